The van der Waals surface area contributed by atoms with E-state index in [4.69, 9.17) is 0 Å². The first-order chi connectivity index (χ1) is 11.1. The number of fused-ring (bicyclic) bond motifs is 1. The van der Waals surface area contributed by atoms with Gasteiger partial charge in [0, 0.05) is 5.39 Å². The predicted molar refractivity (Wildman–Crippen MR) is 87.3 cm³/mol. The van der Waals surface area contributed by atoms with Gasteiger partial charge in [-0.25, -0.2) is 5.10 Å². The molecule has 0 aliphatic rings. The molecule has 3 rings (SSSR count). The predicted octanol–water partition coefficient (Wildman–Crippen LogP) is 1.50. The lowest BCUT2D eigenvalue weighted by atomic mass is 10.0. The number of carbonyl (C=O) groups is 1. The average Bonchev–Trinajstić information content (AvgIpc) is 2.98. The van der Waals surface area contributed by atoms with Crippen LogP contribution < -0.4 is 10.9 Å². The number of hydrogen-bond donors (Lipinski definition) is 2. The average molecular weight is 329 g/mol. The van der Waals surface area contributed by atoms with Gasteiger partial charge in [0.15, 0.2) is 0 Å². The fourth-order valence-electron chi connectivity index (χ4n) is 2.32. The number of H-pyrrole nitrogens is 1. The normalized spacial score (nSPS) is 12.3. The molecule has 0 saturated carbocycles. The van der Waals surface area contributed by atoms with Crippen molar-refractivity contribution >= 4 is 28.2 Å². The molecule has 7 nitrogen and oxygen atoms in total. The Morgan fingerprint density at radius 2 is 2.09 bits per heavy atom. The van der Waals surface area contributed by atoms with E-state index in [1.54, 1.807) is 25.1 Å². The van der Waals surface area contributed by atoms with E-state index in [-0.39, 0.29) is 11.5 Å². The zero-order chi connectivity index (χ0) is 16.4. The second-order valence-electron chi connectivity index (χ2n) is 5.20. The van der Waals surface area contributed by atoms with E-state index < -0.39 is 5.92 Å². The van der Waals surface area contributed by atoms with Crippen molar-refractivity contribution in [2.45, 2.75) is 26.3 Å². The Bertz CT molecular complexity index is 917. The zero-order valence-electron chi connectivity index (χ0n) is 12.7. The standard InChI is InChI=1S/C15H15N5O2S/c1-8(14(21)16-7-12-9(2)17-20-23-12)13-10-5-3-4-6-11(10)15(22)19-18-13/h3-6,8H,7H2,1-2H3,(H,16,21)(H,19,22)/t8-/m0/s1. The molecule has 2 aromatic heterocycles. The molecule has 0 saturated heterocycles. The number of amides is 1. The van der Waals surface area contributed by atoms with E-state index >= 15 is 0 Å². The molecule has 118 valence electrons. The molecule has 0 aliphatic carbocycles. The van der Waals surface area contributed by atoms with Crippen LogP contribution in [-0.4, -0.2) is 25.7 Å². The summed E-state index contributed by atoms with van der Waals surface area (Å²) in [6, 6.07) is 7.12. The molecule has 2 N–H and O–H groups in total. The quantitative estimate of drug-likeness (QED) is 0.755. The number of carbonyl (C=O) groups excluding carboxylic acids is 1. The van der Waals surface area contributed by atoms with Crippen LogP contribution in [0.15, 0.2) is 29.1 Å². The Kier molecular flexibility index (Phi) is 4.16. The van der Waals surface area contributed by atoms with Crippen LogP contribution in [0.4, 0.5) is 0 Å². The highest BCUT2D eigenvalue weighted by Gasteiger charge is 2.20. The number of nitrogens with one attached hydrogen (secondary N) is 2. The minimum atomic E-state index is -0.488. The Morgan fingerprint density at radius 1 is 1.35 bits per heavy atom. The lowest BCUT2D eigenvalue weighted by molar-refractivity contribution is -0.122. The Labute approximate surface area is 135 Å². The van der Waals surface area contributed by atoms with Gasteiger partial charge in [-0.15, -0.1) is 5.10 Å². The second kappa shape index (κ2) is 6.25. The number of benzene rings is 1. The molecule has 3 aromatic rings. The largest absolute Gasteiger partial charge is 0.351 e. The highest BCUT2D eigenvalue weighted by Crippen LogP contribution is 2.21. The summed E-state index contributed by atoms with van der Waals surface area (Å²) in [6.45, 7) is 4.00. The van der Waals surface area contributed by atoms with E-state index in [9.17, 15) is 9.59 Å². The van der Waals surface area contributed by atoms with E-state index in [2.05, 4.69) is 25.1 Å². The summed E-state index contributed by atoms with van der Waals surface area (Å²) in [4.78, 5) is 25.1. The SMILES string of the molecule is Cc1nnsc1CNC(=O)[C@@H](C)c1n[nH]c(=O)c2ccccc12. The molecule has 1 atom stereocenters. The second-order valence-corrected chi connectivity index (χ2v) is 6.04. The van der Waals surface area contributed by atoms with Crippen molar-refractivity contribution in [2.24, 2.45) is 0 Å². The molecule has 1 amide bonds. The van der Waals surface area contributed by atoms with Crippen LogP contribution in [0.1, 0.15) is 29.1 Å². The molecule has 0 fully saturated rings. The third-order valence-electron chi connectivity index (χ3n) is 3.70. The third-order valence-corrected chi connectivity index (χ3v) is 4.52. The molecule has 8 heteroatoms. The van der Waals surface area contributed by atoms with Gasteiger partial charge in [-0.3, -0.25) is 9.59 Å². The Hall–Kier alpha value is -2.61. The number of aryl methyl sites for hydroxylation is 1. The van der Waals surface area contributed by atoms with Gasteiger partial charge >= 0.3 is 0 Å². The summed E-state index contributed by atoms with van der Waals surface area (Å²) in [7, 11) is 0. The lowest BCUT2D eigenvalue weighted by Gasteiger charge is -2.13. The fraction of sp³-hybridized carbons (Fsp3) is 0.267. The van der Waals surface area contributed by atoms with Gasteiger partial charge < -0.3 is 5.32 Å². The highest BCUT2D eigenvalue weighted by atomic mass is 32.1. The maximum Gasteiger partial charge on any atom is 0.272 e. The van der Waals surface area contributed by atoms with E-state index in [0.717, 1.165) is 10.6 Å². The number of nitrogens with zero attached hydrogens (tertiary/aromatic N) is 3. The first kappa shape index (κ1) is 15.3. The molecule has 0 radical (unpaired) electrons. The molecule has 0 unspecified atom stereocenters. The van der Waals surface area contributed by atoms with Crippen molar-refractivity contribution in [1.29, 1.82) is 0 Å². The summed E-state index contributed by atoms with van der Waals surface area (Å²) < 4.78 is 3.84. The van der Waals surface area contributed by atoms with Gasteiger partial charge in [0.05, 0.1) is 34.1 Å². The summed E-state index contributed by atoms with van der Waals surface area (Å²) in [5.41, 5.74) is 1.11. The first-order valence-electron chi connectivity index (χ1n) is 7.10. The highest BCUT2D eigenvalue weighted by molar-refractivity contribution is 7.05. The molecule has 0 bridgehead atoms. The number of hydrogen-bond acceptors (Lipinski definition) is 6. The zero-order valence-corrected chi connectivity index (χ0v) is 13.5. The van der Waals surface area contributed by atoms with Crippen molar-refractivity contribution < 1.29 is 4.79 Å². The van der Waals surface area contributed by atoms with E-state index in [1.807, 2.05) is 13.0 Å². The van der Waals surface area contributed by atoms with Crippen LogP contribution in [0.2, 0.25) is 0 Å². The van der Waals surface area contributed by atoms with Crippen LogP contribution in [0, 0.1) is 6.92 Å². The number of aromatic nitrogens is 4. The van der Waals surface area contributed by atoms with Gasteiger partial charge in [0.25, 0.3) is 5.56 Å². The summed E-state index contributed by atoms with van der Waals surface area (Å²) >= 11 is 1.26. The topological polar surface area (TPSA) is 101 Å². The maximum atomic E-state index is 12.4. The maximum absolute atomic E-state index is 12.4. The summed E-state index contributed by atoms with van der Waals surface area (Å²) in [5, 5.41) is 14.5. The summed E-state index contributed by atoms with van der Waals surface area (Å²) in [5.74, 6) is -0.652. The molecule has 2 heterocycles. The van der Waals surface area contributed by atoms with Crippen LogP contribution in [0.3, 0.4) is 0 Å². The van der Waals surface area contributed by atoms with Crippen LogP contribution >= 0.6 is 11.5 Å². The molecular weight excluding hydrogens is 314 g/mol. The number of rotatable bonds is 4. The van der Waals surface area contributed by atoms with Crippen molar-refractivity contribution in [3.8, 4) is 0 Å². The minimum Gasteiger partial charge on any atom is -0.351 e. The fourth-order valence-corrected chi connectivity index (χ4v) is 2.90. The van der Waals surface area contributed by atoms with Crippen LogP contribution in [-0.2, 0) is 11.3 Å². The molecule has 23 heavy (non-hydrogen) atoms. The molecule has 0 spiro atoms. The number of aromatic amines is 1. The molecular formula is C15H15N5O2S. The molecule has 1 aromatic carbocycles. The lowest BCUT2D eigenvalue weighted by Crippen LogP contribution is -2.28. The van der Waals surface area contributed by atoms with Crippen molar-refractivity contribution in [1.82, 2.24) is 25.1 Å². The van der Waals surface area contributed by atoms with Gasteiger partial charge in [-0.1, -0.05) is 22.7 Å². The van der Waals surface area contributed by atoms with Gasteiger partial charge in [0.2, 0.25) is 5.91 Å². The molecule has 0 aliphatic heterocycles. The van der Waals surface area contributed by atoms with Gasteiger partial charge in [0.1, 0.15) is 0 Å². The van der Waals surface area contributed by atoms with Gasteiger partial charge in [-0.2, -0.15) is 5.10 Å². The monoisotopic (exact) mass is 329 g/mol. The first-order valence-corrected chi connectivity index (χ1v) is 7.88. The smallest absolute Gasteiger partial charge is 0.272 e. The van der Waals surface area contributed by atoms with Crippen molar-refractivity contribution in [2.75, 3.05) is 0 Å². The van der Waals surface area contributed by atoms with E-state index in [1.165, 1.54) is 11.5 Å². The van der Waals surface area contributed by atoms with Gasteiger partial charge in [-0.05, 0) is 31.4 Å². The minimum absolute atomic E-state index is 0.164. The summed E-state index contributed by atoms with van der Waals surface area (Å²) in [6.07, 6.45) is 0. The van der Waals surface area contributed by atoms with Crippen molar-refractivity contribution in [3.05, 3.63) is 50.9 Å². The third kappa shape index (κ3) is 2.98. The Morgan fingerprint density at radius 3 is 2.78 bits per heavy atom. The van der Waals surface area contributed by atoms with Crippen molar-refractivity contribution in [3.63, 3.8) is 0 Å². The Balaban J connectivity index is 1.84. The van der Waals surface area contributed by atoms with Crippen LogP contribution in [0.5, 0.6) is 0 Å². The van der Waals surface area contributed by atoms with Crippen LogP contribution in [0.25, 0.3) is 10.8 Å². The van der Waals surface area contributed by atoms with E-state index in [0.29, 0.717) is 23.0 Å².